The van der Waals surface area contributed by atoms with Crippen LogP contribution in [0.2, 0.25) is 0 Å². The minimum atomic E-state index is -0.270. The molecule has 3 aromatic rings. The molecule has 0 unspecified atom stereocenters. The van der Waals surface area contributed by atoms with Crippen LogP contribution in [0.3, 0.4) is 0 Å². The van der Waals surface area contributed by atoms with E-state index in [9.17, 15) is 9.90 Å². The molecule has 0 aliphatic carbocycles. The van der Waals surface area contributed by atoms with Gasteiger partial charge in [-0.2, -0.15) is 0 Å². The first-order valence-electron chi connectivity index (χ1n) is 5.78. The van der Waals surface area contributed by atoms with Gasteiger partial charge in [-0.15, -0.1) is 0 Å². The van der Waals surface area contributed by atoms with Crippen LogP contribution in [0, 0.1) is 6.92 Å². The Kier molecular flexibility index (Phi) is 2.52. The Balaban J connectivity index is 2.32. The van der Waals surface area contributed by atoms with Gasteiger partial charge in [-0.25, -0.2) is 4.98 Å². The van der Waals surface area contributed by atoms with E-state index in [1.807, 2.05) is 19.1 Å². The van der Waals surface area contributed by atoms with Crippen LogP contribution in [-0.4, -0.2) is 20.1 Å². The normalized spacial score (nSPS) is 10.8. The summed E-state index contributed by atoms with van der Waals surface area (Å²) in [4.78, 5) is 22.4. The Morgan fingerprint density at radius 1 is 1.16 bits per heavy atom. The van der Waals surface area contributed by atoms with Gasteiger partial charge in [-0.1, -0.05) is 0 Å². The molecule has 94 valence electrons. The van der Waals surface area contributed by atoms with Crippen molar-refractivity contribution in [2.24, 2.45) is 0 Å². The lowest BCUT2D eigenvalue weighted by Crippen LogP contribution is -2.06. The molecule has 2 aromatic heterocycles. The van der Waals surface area contributed by atoms with E-state index < -0.39 is 0 Å². The molecule has 2 heterocycles. The van der Waals surface area contributed by atoms with Crippen molar-refractivity contribution >= 4 is 10.9 Å². The third-order valence-corrected chi connectivity index (χ3v) is 2.95. The first-order valence-corrected chi connectivity index (χ1v) is 5.78. The second-order valence-electron chi connectivity index (χ2n) is 4.31. The number of aromatic hydroxyl groups is 1. The number of nitrogens with zero attached hydrogens (tertiary/aromatic N) is 2. The minimum Gasteiger partial charge on any atom is -0.506 e. The Morgan fingerprint density at radius 2 is 2.00 bits per heavy atom. The largest absolute Gasteiger partial charge is 0.506 e. The van der Waals surface area contributed by atoms with E-state index in [0.717, 1.165) is 16.8 Å². The van der Waals surface area contributed by atoms with Crippen molar-refractivity contribution < 1.29 is 5.11 Å². The van der Waals surface area contributed by atoms with Crippen molar-refractivity contribution in [2.45, 2.75) is 6.92 Å². The number of pyridine rings is 1. The van der Waals surface area contributed by atoms with Crippen molar-refractivity contribution in [3.8, 4) is 16.9 Å². The van der Waals surface area contributed by atoms with E-state index in [2.05, 4.69) is 15.0 Å². The van der Waals surface area contributed by atoms with Crippen LogP contribution in [0.1, 0.15) is 5.69 Å². The topological polar surface area (TPSA) is 78.9 Å². The van der Waals surface area contributed by atoms with E-state index in [1.165, 1.54) is 6.33 Å². The SMILES string of the molecule is Cc1cc(-c2cc(O)c3nc[nH]c(=O)c3c2)ccn1. The molecule has 0 bridgehead atoms. The van der Waals surface area contributed by atoms with E-state index in [0.29, 0.717) is 10.9 Å². The molecule has 2 N–H and O–H groups in total. The molecule has 3 rings (SSSR count). The van der Waals surface area contributed by atoms with Crippen LogP contribution in [0.4, 0.5) is 0 Å². The molecular formula is C14H11N3O2. The summed E-state index contributed by atoms with van der Waals surface area (Å²) in [6, 6.07) is 7.04. The molecule has 19 heavy (non-hydrogen) atoms. The number of rotatable bonds is 1. The van der Waals surface area contributed by atoms with Gasteiger partial charge in [0.25, 0.3) is 5.56 Å². The molecular weight excluding hydrogens is 242 g/mol. The predicted molar refractivity (Wildman–Crippen MR) is 72.0 cm³/mol. The van der Waals surface area contributed by atoms with Crippen LogP contribution in [0.15, 0.2) is 41.6 Å². The lowest BCUT2D eigenvalue weighted by Gasteiger charge is -2.05. The van der Waals surface area contributed by atoms with Gasteiger partial charge in [0.2, 0.25) is 0 Å². The first-order chi connectivity index (χ1) is 9.15. The molecule has 0 amide bonds. The number of aromatic nitrogens is 3. The summed E-state index contributed by atoms with van der Waals surface area (Å²) in [5.74, 6) is -0.00642. The summed E-state index contributed by atoms with van der Waals surface area (Å²) in [6.07, 6.45) is 2.97. The fourth-order valence-corrected chi connectivity index (χ4v) is 2.05. The molecule has 0 saturated carbocycles. The third kappa shape index (κ3) is 1.95. The number of nitrogens with one attached hydrogen (secondary N) is 1. The first kappa shape index (κ1) is 11.4. The van der Waals surface area contributed by atoms with Crippen LogP contribution < -0.4 is 5.56 Å². The van der Waals surface area contributed by atoms with Crippen molar-refractivity contribution in [1.82, 2.24) is 15.0 Å². The lowest BCUT2D eigenvalue weighted by atomic mass is 10.0. The zero-order valence-electron chi connectivity index (χ0n) is 10.2. The second-order valence-corrected chi connectivity index (χ2v) is 4.31. The Labute approximate surface area is 108 Å². The molecule has 1 aromatic carbocycles. The highest BCUT2D eigenvalue weighted by Gasteiger charge is 2.08. The maximum Gasteiger partial charge on any atom is 0.258 e. The van der Waals surface area contributed by atoms with Gasteiger partial charge in [0.15, 0.2) is 0 Å². The molecule has 5 nitrogen and oxygen atoms in total. The van der Waals surface area contributed by atoms with Crippen LogP contribution in [-0.2, 0) is 0 Å². The quantitative estimate of drug-likeness (QED) is 0.695. The van der Waals surface area contributed by atoms with Gasteiger partial charge >= 0.3 is 0 Å². The molecule has 0 atom stereocenters. The molecule has 0 aliphatic rings. The Hall–Kier alpha value is -2.69. The summed E-state index contributed by atoms with van der Waals surface area (Å²) in [6.45, 7) is 1.89. The van der Waals surface area contributed by atoms with Crippen LogP contribution >= 0.6 is 0 Å². The van der Waals surface area contributed by atoms with Gasteiger partial charge in [0, 0.05) is 11.9 Å². The highest BCUT2D eigenvalue weighted by molar-refractivity contribution is 5.88. The third-order valence-electron chi connectivity index (χ3n) is 2.95. The zero-order valence-corrected chi connectivity index (χ0v) is 10.2. The standard InChI is InChI=1S/C14H11N3O2/c1-8-4-9(2-3-15-8)10-5-11-13(12(18)6-10)16-7-17-14(11)19/h2-7,18H,1H3,(H,16,17,19). The molecule has 0 saturated heterocycles. The van der Waals surface area contributed by atoms with Gasteiger partial charge < -0.3 is 10.1 Å². The fraction of sp³-hybridized carbons (Fsp3) is 0.0714. The summed E-state index contributed by atoms with van der Waals surface area (Å²) < 4.78 is 0. The lowest BCUT2D eigenvalue weighted by molar-refractivity contribution is 0.480. The van der Waals surface area contributed by atoms with Crippen molar-refractivity contribution in [3.63, 3.8) is 0 Å². The number of H-pyrrole nitrogens is 1. The number of hydrogen-bond acceptors (Lipinski definition) is 4. The molecule has 0 spiro atoms. The van der Waals surface area contributed by atoms with E-state index in [1.54, 1.807) is 18.3 Å². The smallest absolute Gasteiger partial charge is 0.258 e. The number of benzene rings is 1. The number of aromatic amines is 1. The minimum absolute atomic E-state index is 0.00642. The predicted octanol–water partition coefficient (Wildman–Crippen LogP) is 2.00. The molecule has 0 radical (unpaired) electrons. The number of aryl methyl sites for hydroxylation is 1. The van der Waals surface area contributed by atoms with Crippen LogP contribution in [0.5, 0.6) is 5.75 Å². The fourth-order valence-electron chi connectivity index (χ4n) is 2.05. The Bertz CT molecular complexity index is 824. The van der Waals surface area contributed by atoms with Gasteiger partial charge in [-0.05, 0) is 42.3 Å². The average molecular weight is 253 g/mol. The Morgan fingerprint density at radius 3 is 2.79 bits per heavy atom. The molecule has 0 fully saturated rings. The van der Waals surface area contributed by atoms with E-state index in [-0.39, 0.29) is 11.3 Å². The highest BCUT2D eigenvalue weighted by atomic mass is 16.3. The summed E-state index contributed by atoms with van der Waals surface area (Å²) in [5.41, 5.74) is 2.56. The molecule has 0 aliphatic heterocycles. The highest BCUT2D eigenvalue weighted by Crippen LogP contribution is 2.28. The monoisotopic (exact) mass is 253 g/mol. The number of phenols is 1. The second kappa shape index (κ2) is 4.20. The van der Waals surface area contributed by atoms with Crippen molar-refractivity contribution in [1.29, 1.82) is 0 Å². The van der Waals surface area contributed by atoms with E-state index in [4.69, 9.17) is 0 Å². The summed E-state index contributed by atoms with van der Waals surface area (Å²) >= 11 is 0. The number of phenolic OH excluding ortho intramolecular Hbond substituents is 1. The van der Waals surface area contributed by atoms with Crippen LogP contribution in [0.25, 0.3) is 22.0 Å². The average Bonchev–Trinajstić information content (AvgIpc) is 2.40. The van der Waals surface area contributed by atoms with Gasteiger partial charge in [-0.3, -0.25) is 9.78 Å². The number of fused-ring (bicyclic) bond motifs is 1. The maximum atomic E-state index is 11.8. The van der Waals surface area contributed by atoms with Gasteiger partial charge in [0.1, 0.15) is 11.3 Å². The maximum absolute atomic E-state index is 11.8. The van der Waals surface area contributed by atoms with E-state index >= 15 is 0 Å². The van der Waals surface area contributed by atoms with Crippen molar-refractivity contribution in [2.75, 3.05) is 0 Å². The molecule has 5 heteroatoms. The van der Waals surface area contributed by atoms with Crippen molar-refractivity contribution in [3.05, 3.63) is 52.8 Å². The number of hydrogen-bond donors (Lipinski definition) is 2. The van der Waals surface area contributed by atoms with Gasteiger partial charge in [0.05, 0.1) is 11.7 Å². The summed E-state index contributed by atoms with van der Waals surface area (Å²) in [7, 11) is 0. The zero-order chi connectivity index (χ0) is 13.4. The summed E-state index contributed by atoms with van der Waals surface area (Å²) in [5, 5.41) is 10.3.